The van der Waals surface area contributed by atoms with Gasteiger partial charge in [0.05, 0.1) is 5.92 Å². The van der Waals surface area contributed by atoms with Crippen LogP contribution in [-0.2, 0) is 0 Å². The standard InChI is InChI=1S/C19H21FO/c1-11-10-12(2)16-17(14-6-8-15(20)9-7-14)19(4,5)21-18(16)13(11)3/h6-10,17H,1-5H3. The van der Waals surface area contributed by atoms with Crippen LogP contribution in [0.3, 0.4) is 0 Å². The molecule has 0 radical (unpaired) electrons. The smallest absolute Gasteiger partial charge is 0.127 e. The molecule has 0 saturated carbocycles. The summed E-state index contributed by atoms with van der Waals surface area (Å²) in [6.45, 7) is 10.6. The quantitative estimate of drug-likeness (QED) is 0.711. The predicted molar refractivity (Wildman–Crippen MR) is 83.6 cm³/mol. The van der Waals surface area contributed by atoms with Gasteiger partial charge in [0.2, 0.25) is 0 Å². The van der Waals surface area contributed by atoms with E-state index in [0.29, 0.717) is 0 Å². The van der Waals surface area contributed by atoms with Crippen molar-refractivity contribution in [1.29, 1.82) is 0 Å². The highest BCUT2D eigenvalue weighted by Crippen LogP contribution is 2.51. The van der Waals surface area contributed by atoms with Crippen LogP contribution in [0.5, 0.6) is 5.75 Å². The van der Waals surface area contributed by atoms with Gasteiger partial charge in [-0.25, -0.2) is 4.39 Å². The van der Waals surface area contributed by atoms with E-state index < -0.39 is 0 Å². The summed E-state index contributed by atoms with van der Waals surface area (Å²) >= 11 is 0. The molecular formula is C19H21FO. The second-order valence-corrected chi connectivity index (χ2v) is 6.57. The van der Waals surface area contributed by atoms with E-state index in [2.05, 4.69) is 40.7 Å². The molecule has 2 aromatic carbocycles. The van der Waals surface area contributed by atoms with Crippen LogP contribution in [0.4, 0.5) is 4.39 Å². The van der Waals surface area contributed by atoms with Gasteiger partial charge in [-0.15, -0.1) is 0 Å². The van der Waals surface area contributed by atoms with E-state index in [1.807, 2.05) is 12.1 Å². The maximum Gasteiger partial charge on any atom is 0.127 e. The zero-order valence-corrected chi connectivity index (χ0v) is 13.3. The molecule has 110 valence electrons. The van der Waals surface area contributed by atoms with Gasteiger partial charge < -0.3 is 4.74 Å². The monoisotopic (exact) mass is 284 g/mol. The third-order valence-electron chi connectivity index (χ3n) is 4.59. The number of hydrogen-bond donors (Lipinski definition) is 0. The van der Waals surface area contributed by atoms with Gasteiger partial charge in [0, 0.05) is 5.56 Å². The van der Waals surface area contributed by atoms with Crippen molar-refractivity contribution in [2.75, 3.05) is 0 Å². The zero-order chi connectivity index (χ0) is 15.4. The molecule has 1 atom stereocenters. The maximum atomic E-state index is 13.2. The lowest BCUT2D eigenvalue weighted by Crippen LogP contribution is -2.31. The van der Waals surface area contributed by atoms with Crippen molar-refractivity contribution in [2.45, 2.75) is 46.1 Å². The predicted octanol–water partition coefficient (Wildman–Crippen LogP) is 5.05. The molecule has 0 saturated heterocycles. The molecule has 2 heteroatoms. The summed E-state index contributed by atoms with van der Waals surface area (Å²) in [6, 6.07) is 9.01. The van der Waals surface area contributed by atoms with Gasteiger partial charge in [-0.1, -0.05) is 18.2 Å². The van der Waals surface area contributed by atoms with Crippen LogP contribution in [-0.4, -0.2) is 5.60 Å². The van der Waals surface area contributed by atoms with Crippen LogP contribution in [0.2, 0.25) is 0 Å². The Morgan fingerprint density at radius 3 is 2.24 bits per heavy atom. The SMILES string of the molecule is Cc1cc(C)c2c(c1C)OC(C)(C)C2c1ccc(F)cc1. The highest BCUT2D eigenvalue weighted by molar-refractivity contribution is 5.58. The molecule has 1 aliphatic rings. The molecule has 0 bridgehead atoms. The number of benzene rings is 2. The topological polar surface area (TPSA) is 9.23 Å². The van der Waals surface area contributed by atoms with E-state index >= 15 is 0 Å². The number of rotatable bonds is 1. The first-order valence-electron chi connectivity index (χ1n) is 7.36. The average molecular weight is 284 g/mol. The minimum atomic E-state index is -0.330. The third-order valence-corrected chi connectivity index (χ3v) is 4.59. The van der Waals surface area contributed by atoms with Crippen LogP contribution in [0.15, 0.2) is 30.3 Å². The number of ether oxygens (including phenoxy) is 1. The molecule has 21 heavy (non-hydrogen) atoms. The van der Waals surface area contributed by atoms with Gasteiger partial charge >= 0.3 is 0 Å². The lowest BCUT2D eigenvalue weighted by Gasteiger charge is -2.27. The molecule has 0 aliphatic carbocycles. The Morgan fingerprint density at radius 1 is 1.00 bits per heavy atom. The van der Waals surface area contributed by atoms with E-state index in [9.17, 15) is 4.39 Å². The van der Waals surface area contributed by atoms with E-state index in [4.69, 9.17) is 4.74 Å². The molecule has 0 fully saturated rings. The van der Waals surface area contributed by atoms with Gasteiger partial charge in [0.1, 0.15) is 17.2 Å². The van der Waals surface area contributed by atoms with Gasteiger partial charge in [-0.05, 0) is 69.0 Å². The van der Waals surface area contributed by atoms with Gasteiger partial charge in [-0.2, -0.15) is 0 Å². The van der Waals surface area contributed by atoms with Crippen LogP contribution < -0.4 is 4.74 Å². The lowest BCUT2D eigenvalue weighted by atomic mass is 9.79. The first-order valence-corrected chi connectivity index (χ1v) is 7.36. The molecule has 1 aliphatic heterocycles. The van der Waals surface area contributed by atoms with Crippen molar-refractivity contribution >= 4 is 0 Å². The highest BCUT2D eigenvalue weighted by Gasteiger charge is 2.43. The molecule has 0 amide bonds. The van der Waals surface area contributed by atoms with Crippen molar-refractivity contribution in [3.05, 3.63) is 64.0 Å². The highest BCUT2D eigenvalue weighted by atomic mass is 19.1. The van der Waals surface area contributed by atoms with Crippen molar-refractivity contribution in [2.24, 2.45) is 0 Å². The van der Waals surface area contributed by atoms with E-state index in [-0.39, 0.29) is 17.3 Å². The Balaban J connectivity index is 2.23. The largest absolute Gasteiger partial charge is 0.486 e. The number of halogens is 1. The van der Waals surface area contributed by atoms with E-state index in [0.717, 1.165) is 11.3 Å². The summed E-state index contributed by atoms with van der Waals surface area (Å²) in [5.41, 5.74) is 5.72. The van der Waals surface area contributed by atoms with E-state index in [1.54, 1.807) is 0 Å². The van der Waals surface area contributed by atoms with Crippen molar-refractivity contribution in [1.82, 2.24) is 0 Å². The molecule has 1 unspecified atom stereocenters. The summed E-state index contributed by atoms with van der Waals surface area (Å²) in [4.78, 5) is 0. The molecule has 1 nitrogen and oxygen atoms in total. The molecule has 0 N–H and O–H groups in total. The molecule has 2 aromatic rings. The number of fused-ring (bicyclic) bond motifs is 1. The molecule has 1 heterocycles. The summed E-state index contributed by atoms with van der Waals surface area (Å²) < 4.78 is 19.5. The average Bonchev–Trinajstić information content (AvgIpc) is 2.69. The fourth-order valence-corrected chi connectivity index (χ4v) is 3.45. The summed E-state index contributed by atoms with van der Waals surface area (Å²) in [7, 11) is 0. The fourth-order valence-electron chi connectivity index (χ4n) is 3.45. The molecular weight excluding hydrogens is 263 g/mol. The Labute approximate surface area is 125 Å². The van der Waals surface area contributed by atoms with E-state index in [1.165, 1.54) is 34.4 Å². The minimum Gasteiger partial charge on any atom is -0.486 e. The fraction of sp³-hybridized carbons (Fsp3) is 0.368. The summed E-state index contributed by atoms with van der Waals surface area (Å²) in [5.74, 6) is 0.937. The second-order valence-electron chi connectivity index (χ2n) is 6.57. The van der Waals surface area contributed by atoms with Gasteiger partial charge in [0.15, 0.2) is 0 Å². The Hall–Kier alpha value is -1.83. The lowest BCUT2D eigenvalue weighted by molar-refractivity contribution is 0.121. The summed E-state index contributed by atoms with van der Waals surface area (Å²) in [6.07, 6.45) is 0. The second kappa shape index (κ2) is 4.59. The normalized spacial score (nSPS) is 19.2. The first-order chi connectivity index (χ1) is 9.81. The van der Waals surface area contributed by atoms with Crippen molar-refractivity contribution in [3.63, 3.8) is 0 Å². The van der Waals surface area contributed by atoms with Crippen LogP contribution in [0.1, 0.15) is 47.6 Å². The Morgan fingerprint density at radius 2 is 1.62 bits per heavy atom. The molecule has 0 spiro atoms. The molecule has 3 rings (SSSR count). The van der Waals surface area contributed by atoms with Crippen LogP contribution in [0, 0.1) is 26.6 Å². The summed E-state index contributed by atoms with van der Waals surface area (Å²) in [5, 5.41) is 0. The minimum absolute atomic E-state index is 0.132. The Bertz CT molecular complexity index is 698. The van der Waals surface area contributed by atoms with Crippen LogP contribution in [0.25, 0.3) is 0 Å². The van der Waals surface area contributed by atoms with Crippen LogP contribution >= 0.6 is 0 Å². The first kappa shape index (κ1) is 14.1. The zero-order valence-electron chi connectivity index (χ0n) is 13.3. The number of hydrogen-bond acceptors (Lipinski definition) is 1. The van der Waals surface area contributed by atoms with Crippen molar-refractivity contribution in [3.8, 4) is 5.75 Å². The van der Waals surface area contributed by atoms with Crippen molar-refractivity contribution < 1.29 is 9.13 Å². The van der Waals surface area contributed by atoms with Gasteiger partial charge in [0.25, 0.3) is 0 Å². The molecule has 0 aromatic heterocycles. The maximum absolute atomic E-state index is 13.2. The van der Waals surface area contributed by atoms with Gasteiger partial charge in [-0.3, -0.25) is 0 Å². The third kappa shape index (κ3) is 2.14. The number of aryl methyl sites for hydroxylation is 2. The Kier molecular flexibility index (Phi) is 3.09.